The zero-order chi connectivity index (χ0) is 9.84. The first-order valence-corrected chi connectivity index (χ1v) is 4.46. The Hall–Kier alpha value is -0.610. The summed E-state index contributed by atoms with van der Waals surface area (Å²) in [5.74, 6) is -0.288. The van der Waals surface area contributed by atoms with Gasteiger partial charge in [-0.3, -0.25) is 4.79 Å². The van der Waals surface area contributed by atoms with E-state index >= 15 is 0 Å². The summed E-state index contributed by atoms with van der Waals surface area (Å²) in [5, 5.41) is 0. The Bertz CT molecular complexity index is 180. The molecular formula is C9H16O4. The zero-order valence-corrected chi connectivity index (χ0v) is 8.28. The van der Waals surface area contributed by atoms with Gasteiger partial charge < -0.3 is 14.2 Å². The summed E-state index contributed by atoms with van der Waals surface area (Å²) in [6.07, 6.45) is 0.394. The molecule has 1 saturated heterocycles. The highest BCUT2D eigenvalue weighted by Gasteiger charge is 2.34. The molecule has 0 aromatic rings. The summed E-state index contributed by atoms with van der Waals surface area (Å²) in [5.41, 5.74) is 0. The topological polar surface area (TPSA) is 44.8 Å². The average molecular weight is 188 g/mol. The van der Waals surface area contributed by atoms with Crippen molar-refractivity contribution in [1.29, 1.82) is 0 Å². The molecule has 0 N–H and O–H groups in total. The fourth-order valence-electron chi connectivity index (χ4n) is 1.55. The number of hydrogen-bond acceptors (Lipinski definition) is 4. The minimum Gasteiger partial charge on any atom is -0.457 e. The maximum Gasteiger partial charge on any atom is 0.303 e. The highest BCUT2D eigenvalue weighted by atomic mass is 16.6. The van der Waals surface area contributed by atoms with Gasteiger partial charge in [-0.15, -0.1) is 0 Å². The van der Waals surface area contributed by atoms with Gasteiger partial charge in [0.05, 0.1) is 12.2 Å². The highest BCUT2D eigenvalue weighted by Crippen LogP contribution is 2.20. The summed E-state index contributed by atoms with van der Waals surface area (Å²) in [6, 6.07) is 0. The summed E-state index contributed by atoms with van der Waals surface area (Å²) < 4.78 is 15.7. The minimum atomic E-state index is -0.288. The molecule has 1 rings (SSSR count). The molecule has 0 aliphatic carbocycles. The van der Waals surface area contributed by atoms with Crippen LogP contribution in [0, 0.1) is 0 Å². The van der Waals surface area contributed by atoms with Gasteiger partial charge in [0.25, 0.3) is 0 Å². The summed E-state index contributed by atoms with van der Waals surface area (Å²) >= 11 is 0. The SMILES string of the molecule is CO[C@H]1CCO[C@H](C)[C@@H]1OC(C)=O. The van der Waals surface area contributed by atoms with Crippen LogP contribution in [0.3, 0.4) is 0 Å². The van der Waals surface area contributed by atoms with Gasteiger partial charge in [0.15, 0.2) is 6.10 Å². The van der Waals surface area contributed by atoms with Crippen molar-refractivity contribution in [2.75, 3.05) is 13.7 Å². The molecule has 0 unspecified atom stereocenters. The Balaban J connectivity index is 2.56. The van der Waals surface area contributed by atoms with E-state index in [1.54, 1.807) is 7.11 Å². The summed E-state index contributed by atoms with van der Waals surface area (Å²) in [6.45, 7) is 3.95. The van der Waals surface area contributed by atoms with Crippen LogP contribution < -0.4 is 0 Å². The van der Waals surface area contributed by atoms with Crippen molar-refractivity contribution in [2.45, 2.75) is 38.6 Å². The van der Waals surface area contributed by atoms with Crippen LogP contribution in [0.5, 0.6) is 0 Å². The monoisotopic (exact) mass is 188 g/mol. The van der Waals surface area contributed by atoms with Crippen molar-refractivity contribution in [3.63, 3.8) is 0 Å². The number of carbonyl (C=O) groups excluding carboxylic acids is 1. The number of rotatable bonds is 2. The molecule has 76 valence electrons. The second-order valence-corrected chi connectivity index (χ2v) is 3.21. The number of methoxy groups -OCH3 is 1. The smallest absolute Gasteiger partial charge is 0.303 e. The van der Waals surface area contributed by atoms with Crippen molar-refractivity contribution >= 4 is 5.97 Å². The molecule has 4 heteroatoms. The van der Waals surface area contributed by atoms with Crippen LogP contribution in [0.15, 0.2) is 0 Å². The summed E-state index contributed by atoms with van der Waals surface area (Å²) in [4.78, 5) is 10.8. The number of hydrogen-bond donors (Lipinski definition) is 0. The van der Waals surface area contributed by atoms with Crippen molar-refractivity contribution in [1.82, 2.24) is 0 Å². The van der Waals surface area contributed by atoms with Crippen LogP contribution in [0.25, 0.3) is 0 Å². The van der Waals surface area contributed by atoms with E-state index in [0.29, 0.717) is 6.61 Å². The second-order valence-electron chi connectivity index (χ2n) is 3.21. The third-order valence-corrected chi connectivity index (χ3v) is 2.22. The Kier molecular flexibility index (Phi) is 3.69. The normalized spacial score (nSPS) is 34.2. The first-order chi connectivity index (χ1) is 6.15. The minimum absolute atomic E-state index is 0.0346. The Morgan fingerprint density at radius 3 is 2.77 bits per heavy atom. The maximum atomic E-state index is 10.8. The predicted octanol–water partition coefficient (Wildman–Crippen LogP) is 0.742. The van der Waals surface area contributed by atoms with Crippen LogP contribution in [-0.4, -0.2) is 38.0 Å². The number of carbonyl (C=O) groups is 1. The van der Waals surface area contributed by atoms with E-state index < -0.39 is 0 Å². The molecule has 0 radical (unpaired) electrons. The number of ether oxygens (including phenoxy) is 3. The van der Waals surface area contributed by atoms with Gasteiger partial charge in [-0.05, 0) is 6.92 Å². The Labute approximate surface area is 78.2 Å². The zero-order valence-electron chi connectivity index (χ0n) is 8.28. The van der Waals surface area contributed by atoms with Crippen LogP contribution >= 0.6 is 0 Å². The van der Waals surface area contributed by atoms with Crippen molar-refractivity contribution in [2.24, 2.45) is 0 Å². The van der Waals surface area contributed by atoms with Gasteiger partial charge >= 0.3 is 5.97 Å². The van der Waals surface area contributed by atoms with E-state index in [1.807, 2.05) is 6.92 Å². The highest BCUT2D eigenvalue weighted by molar-refractivity contribution is 5.66. The van der Waals surface area contributed by atoms with Gasteiger partial charge in [0, 0.05) is 27.1 Å². The third-order valence-electron chi connectivity index (χ3n) is 2.22. The molecule has 4 nitrogen and oxygen atoms in total. The molecule has 1 aliphatic rings. The van der Waals surface area contributed by atoms with E-state index in [-0.39, 0.29) is 24.3 Å². The first-order valence-electron chi connectivity index (χ1n) is 4.46. The first kappa shape index (κ1) is 10.5. The lowest BCUT2D eigenvalue weighted by Crippen LogP contribution is -2.46. The molecule has 0 bridgehead atoms. The van der Waals surface area contributed by atoms with E-state index in [9.17, 15) is 4.79 Å². The quantitative estimate of drug-likeness (QED) is 0.600. The summed E-state index contributed by atoms with van der Waals surface area (Å²) in [7, 11) is 1.62. The average Bonchev–Trinajstić information content (AvgIpc) is 2.08. The fourth-order valence-corrected chi connectivity index (χ4v) is 1.55. The lowest BCUT2D eigenvalue weighted by atomic mass is 10.0. The second kappa shape index (κ2) is 4.58. The van der Waals surface area contributed by atoms with E-state index in [2.05, 4.69) is 0 Å². The molecule has 13 heavy (non-hydrogen) atoms. The lowest BCUT2D eigenvalue weighted by molar-refractivity contribution is -0.181. The van der Waals surface area contributed by atoms with Crippen molar-refractivity contribution < 1.29 is 19.0 Å². The van der Waals surface area contributed by atoms with Gasteiger partial charge in [-0.2, -0.15) is 0 Å². The van der Waals surface area contributed by atoms with E-state index in [1.165, 1.54) is 6.92 Å². The molecule has 1 fully saturated rings. The van der Waals surface area contributed by atoms with Crippen LogP contribution in [0.1, 0.15) is 20.3 Å². The Morgan fingerprint density at radius 2 is 2.23 bits per heavy atom. The van der Waals surface area contributed by atoms with Crippen LogP contribution in [0.4, 0.5) is 0 Å². The number of esters is 1. The molecule has 0 spiro atoms. The van der Waals surface area contributed by atoms with Crippen molar-refractivity contribution in [3.8, 4) is 0 Å². The molecule has 1 aliphatic heterocycles. The third kappa shape index (κ3) is 2.67. The van der Waals surface area contributed by atoms with E-state index in [4.69, 9.17) is 14.2 Å². The van der Waals surface area contributed by atoms with Crippen LogP contribution in [0.2, 0.25) is 0 Å². The van der Waals surface area contributed by atoms with Gasteiger partial charge in [0.1, 0.15) is 0 Å². The standard InChI is InChI=1S/C9H16O4/c1-6-9(13-7(2)10)8(11-3)4-5-12-6/h6,8-9H,4-5H2,1-3H3/t6-,8+,9+/m1/s1. The largest absolute Gasteiger partial charge is 0.457 e. The molecule has 0 amide bonds. The lowest BCUT2D eigenvalue weighted by Gasteiger charge is -2.34. The molecular weight excluding hydrogens is 172 g/mol. The maximum absolute atomic E-state index is 10.8. The van der Waals surface area contributed by atoms with Crippen molar-refractivity contribution in [3.05, 3.63) is 0 Å². The fraction of sp³-hybridized carbons (Fsp3) is 0.889. The Morgan fingerprint density at radius 1 is 1.54 bits per heavy atom. The molecule has 0 aromatic heterocycles. The van der Waals surface area contributed by atoms with Gasteiger partial charge in [-0.1, -0.05) is 0 Å². The van der Waals surface area contributed by atoms with Crippen LogP contribution in [-0.2, 0) is 19.0 Å². The molecule has 0 saturated carbocycles. The molecule has 1 heterocycles. The van der Waals surface area contributed by atoms with E-state index in [0.717, 1.165) is 6.42 Å². The van der Waals surface area contributed by atoms with Gasteiger partial charge in [-0.25, -0.2) is 0 Å². The predicted molar refractivity (Wildman–Crippen MR) is 46.4 cm³/mol. The van der Waals surface area contributed by atoms with Gasteiger partial charge in [0.2, 0.25) is 0 Å². The molecule has 3 atom stereocenters. The molecule has 0 aromatic carbocycles.